The van der Waals surface area contributed by atoms with Crippen LogP contribution in [-0.2, 0) is 11.8 Å². The highest BCUT2D eigenvalue weighted by molar-refractivity contribution is 5.87. The number of carbonyl (C=O) groups excluding carboxylic acids is 1. The van der Waals surface area contributed by atoms with Crippen LogP contribution < -0.4 is 10.1 Å². The number of nitrogens with one attached hydrogen (secondary N) is 2. The van der Waals surface area contributed by atoms with E-state index in [0.29, 0.717) is 30.6 Å². The van der Waals surface area contributed by atoms with Crippen molar-refractivity contribution in [3.05, 3.63) is 37.3 Å². The van der Waals surface area contributed by atoms with Gasteiger partial charge in [0.1, 0.15) is 5.65 Å². The SMILES string of the molecule is C=CC(=O)N1CC[C@@H](COc2nc(Nc3cnn(C)c3)nc3[nH]ccc23)C1. The normalized spacial score (nSPS) is 16.6. The van der Waals surface area contributed by atoms with E-state index in [1.165, 1.54) is 6.08 Å². The maximum Gasteiger partial charge on any atom is 0.245 e. The van der Waals surface area contributed by atoms with E-state index in [9.17, 15) is 4.79 Å². The third-order valence-electron chi connectivity index (χ3n) is 4.57. The highest BCUT2D eigenvalue weighted by atomic mass is 16.5. The number of amides is 1. The Balaban J connectivity index is 1.48. The van der Waals surface area contributed by atoms with E-state index in [1.807, 2.05) is 19.3 Å². The average Bonchev–Trinajstić information content (AvgIpc) is 3.40. The second-order valence-electron chi connectivity index (χ2n) is 6.57. The Bertz CT molecular complexity index is 977. The summed E-state index contributed by atoms with van der Waals surface area (Å²) in [6, 6.07) is 1.89. The van der Waals surface area contributed by atoms with Crippen molar-refractivity contribution < 1.29 is 9.53 Å². The van der Waals surface area contributed by atoms with Crippen molar-refractivity contribution in [2.45, 2.75) is 6.42 Å². The van der Waals surface area contributed by atoms with Gasteiger partial charge in [0.2, 0.25) is 17.7 Å². The van der Waals surface area contributed by atoms with Gasteiger partial charge < -0.3 is 19.9 Å². The number of carbonyl (C=O) groups is 1. The average molecular weight is 367 g/mol. The molecule has 0 bridgehead atoms. The van der Waals surface area contributed by atoms with Gasteiger partial charge >= 0.3 is 0 Å². The van der Waals surface area contributed by atoms with E-state index in [-0.39, 0.29) is 11.8 Å². The van der Waals surface area contributed by atoms with Crippen LogP contribution in [0.15, 0.2) is 37.3 Å². The number of aromatic amines is 1. The van der Waals surface area contributed by atoms with Crippen LogP contribution >= 0.6 is 0 Å². The lowest BCUT2D eigenvalue weighted by Crippen LogP contribution is -2.27. The summed E-state index contributed by atoms with van der Waals surface area (Å²) in [7, 11) is 1.84. The van der Waals surface area contributed by atoms with Crippen LogP contribution in [0.3, 0.4) is 0 Å². The molecule has 1 aliphatic rings. The van der Waals surface area contributed by atoms with Crippen LogP contribution in [0.25, 0.3) is 11.0 Å². The Morgan fingerprint density at radius 2 is 2.41 bits per heavy atom. The van der Waals surface area contributed by atoms with Crippen LogP contribution in [-0.4, -0.2) is 55.2 Å². The smallest absolute Gasteiger partial charge is 0.245 e. The molecule has 3 aromatic rings. The lowest BCUT2D eigenvalue weighted by atomic mass is 10.1. The topological polar surface area (TPSA) is 101 Å². The zero-order valence-corrected chi connectivity index (χ0v) is 15.1. The maximum atomic E-state index is 11.7. The van der Waals surface area contributed by atoms with Gasteiger partial charge in [0.25, 0.3) is 0 Å². The van der Waals surface area contributed by atoms with Crippen LogP contribution in [0.4, 0.5) is 11.6 Å². The van der Waals surface area contributed by atoms with Crippen molar-refractivity contribution in [1.29, 1.82) is 0 Å². The van der Waals surface area contributed by atoms with Crippen LogP contribution in [0.2, 0.25) is 0 Å². The Hall–Kier alpha value is -3.36. The largest absolute Gasteiger partial charge is 0.477 e. The second-order valence-corrected chi connectivity index (χ2v) is 6.57. The minimum atomic E-state index is -0.0319. The van der Waals surface area contributed by atoms with Crippen molar-refractivity contribution >= 4 is 28.6 Å². The Morgan fingerprint density at radius 1 is 1.52 bits per heavy atom. The lowest BCUT2D eigenvalue weighted by molar-refractivity contribution is -0.125. The number of rotatable bonds is 6. The van der Waals surface area contributed by atoms with Gasteiger partial charge in [-0.3, -0.25) is 9.48 Å². The molecule has 0 spiro atoms. The molecule has 0 aromatic carbocycles. The first kappa shape index (κ1) is 17.1. The molecule has 2 N–H and O–H groups in total. The molecule has 3 aromatic heterocycles. The first-order valence-electron chi connectivity index (χ1n) is 8.77. The molecule has 1 aliphatic heterocycles. The molecule has 4 heterocycles. The number of anilines is 2. The molecule has 1 fully saturated rings. The fourth-order valence-electron chi connectivity index (χ4n) is 3.19. The lowest BCUT2D eigenvalue weighted by Gasteiger charge is -2.15. The van der Waals surface area contributed by atoms with Gasteiger partial charge in [-0.05, 0) is 18.6 Å². The van der Waals surface area contributed by atoms with E-state index in [0.717, 1.165) is 24.0 Å². The molecule has 1 atom stereocenters. The molecular formula is C18H21N7O2. The van der Waals surface area contributed by atoms with Crippen molar-refractivity contribution in [2.75, 3.05) is 25.0 Å². The minimum absolute atomic E-state index is 0.0319. The summed E-state index contributed by atoms with van der Waals surface area (Å²) < 4.78 is 7.71. The second kappa shape index (κ2) is 7.10. The maximum absolute atomic E-state index is 11.7. The van der Waals surface area contributed by atoms with E-state index >= 15 is 0 Å². The number of H-pyrrole nitrogens is 1. The number of likely N-dealkylation sites (tertiary alicyclic amines) is 1. The van der Waals surface area contributed by atoms with E-state index in [4.69, 9.17) is 4.74 Å². The highest BCUT2D eigenvalue weighted by Gasteiger charge is 2.25. The molecular weight excluding hydrogens is 346 g/mol. The fourth-order valence-corrected chi connectivity index (χ4v) is 3.19. The first-order valence-corrected chi connectivity index (χ1v) is 8.77. The highest BCUT2D eigenvalue weighted by Crippen LogP contribution is 2.26. The Kier molecular flexibility index (Phi) is 4.49. The quantitative estimate of drug-likeness (QED) is 0.645. The molecule has 27 heavy (non-hydrogen) atoms. The van der Waals surface area contributed by atoms with Gasteiger partial charge in [0, 0.05) is 38.4 Å². The molecule has 140 valence electrons. The number of aryl methyl sites for hydroxylation is 1. The Labute approximate surface area is 156 Å². The zero-order chi connectivity index (χ0) is 18.8. The predicted octanol–water partition coefficient (Wildman–Crippen LogP) is 1.85. The third-order valence-corrected chi connectivity index (χ3v) is 4.57. The van der Waals surface area contributed by atoms with Crippen LogP contribution in [0.1, 0.15) is 6.42 Å². The van der Waals surface area contributed by atoms with Crippen molar-refractivity contribution in [3.8, 4) is 5.88 Å². The molecule has 4 rings (SSSR count). The van der Waals surface area contributed by atoms with E-state index < -0.39 is 0 Å². The van der Waals surface area contributed by atoms with Gasteiger partial charge in [-0.2, -0.15) is 15.1 Å². The monoisotopic (exact) mass is 367 g/mol. The summed E-state index contributed by atoms with van der Waals surface area (Å²) in [6.45, 7) is 5.44. The molecule has 9 nitrogen and oxygen atoms in total. The van der Waals surface area contributed by atoms with Crippen LogP contribution in [0, 0.1) is 5.92 Å². The van der Waals surface area contributed by atoms with Gasteiger partial charge in [-0.25, -0.2) is 0 Å². The fraction of sp³-hybridized carbons (Fsp3) is 0.333. The number of hydrogen-bond acceptors (Lipinski definition) is 6. The molecule has 1 saturated heterocycles. The van der Waals surface area contributed by atoms with Gasteiger partial charge in [-0.1, -0.05) is 6.58 Å². The molecule has 1 amide bonds. The van der Waals surface area contributed by atoms with Crippen molar-refractivity contribution in [1.82, 2.24) is 29.6 Å². The van der Waals surface area contributed by atoms with E-state index in [1.54, 1.807) is 22.0 Å². The summed E-state index contributed by atoms with van der Waals surface area (Å²) in [6.07, 6.45) is 7.61. The number of aromatic nitrogens is 5. The van der Waals surface area contributed by atoms with Gasteiger partial charge in [0.15, 0.2) is 0 Å². The van der Waals surface area contributed by atoms with Crippen molar-refractivity contribution in [3.63, 3.8) is 0 Å². The summed E-state index contributed by atoms with van der Waals surface area (Å²) in [5.74, 6) is 1.19. The summed E-state index contributed by atoms with van der Waals surface area (Å²) in [5, 5.41) is 8.08. The minimum Gasteiger partial charge on any atom is -0.477 e. The summed E-state index contributed by atoms with van der Waals surface area (Å²) in [5.41, 5.74) is 1.49. The molecule has 9 heteroatoms. The predicted molar refractivity (Wildman–Crippen MR) is 101 cm³/mol. The van der Waals surface area contributed by atoms with Crippen molar-refractivity contribution in [2.24, 2.45) is 13.0 Å². The standard InChI is InChI=1S/C18H21N7O2/c1-3-15(26)25-7-5-12(9-25)11-27-17-14-4-6-19-16(14)22-18(23-17)21-13-8-20-24(2)10-13/h3-4,6,8,10,12H,1,5,7,9,11H2,2H3,(H2,19,21,22,23)/t12-/m1/s1. The summed E-state index contributed by atoms with van der Waals surface area (Å²) in [4.78, 5) is 25.6. The third kappa shape index (κ3) is 3.62. The Morgan fingerprint density at radius 3 is 3.19 bits per heavy atom. The van der Waals surface area contributed by atoms with Gasteiger partial charge in [0.05, 0.1) is 23.9 Å². The molecule has 0 unspecified atom stereocenters. The summed E-state index contributed by atoms with van der Waals surface area (Å²) >= 11 is 0. The number of ether oxygens (including phenoxy) is 1. The van der Waals surface area contributed by atoms with Gasteiger partial charge in [-0.15, -0.1) is 0 Å². The zero-order valence-electron chi connectivity index (χ0n) is 15.1. The first-order chi connectivity index (χ1) is 13.1. The van der Waals surface area contributed by atoms with E-state index in [2.05, 4.69) is 31.9 Å². The number of nitrogens with zero attached hydrogens (tertiary/aromatic N) is 5. The number of fused-ring (bicyclic) bond motifs is 1. The molecule has 0 saturated carbocycles. The number of hydrogen-bond donors (Lipinski definition) is 2. The molecule has 0 radical (unpaired) electrons. The van der Waals surface area contributed by atoms with Crippen LogP contribution in [0.5, 0.6) is 5.88 Å². The molecule has 0 aliphatic carbocycles.